The first kappa shape index (κ1) is 19.9. The minimum absolute atomic E-state index is 0.00688. The van der Waals surface area contributed by atoms with Gasteiger partial charge >= 0.3 is 12.1 Å². The van der Waals surface area contributed by atoms with Crippen LogP contribution >= 0.6 is 0 Å². The summed E-state index contributed by atoms with van der Waals surface area (Å²) in [6, 6.07) is 5.42. The number of hydrogen-bond donors (Lipinski definition) is 2. The number of halogens is 3. The van der Waals surface area contributed by atoms with E-state index in [0.29, 0.717) is 30.8 Å². The Balaban J connectivity index is 1.84. The summed E-state index contributed by atoms with van der Waals surface area (Å²) in [5.41, 5.74) is 0.403. The van der Waals surface area contributed by atoms with Gasteiger partial charge < -0.3 is 19.7 Å². The molecule has 0 saturated heterocycles. The highest BCUT2D eigenvalue weighted by Gasteiger charge is 2.31. The lowest BCUT2D eigenvalue weighted by Gasteiger charge is -2.21. The van der Waals surface area contributed by atoms with Crippen LogP contribution in [0.1, 0.15) is 57.1 Å². The number of aromatic nitrogens is 1. The largest absolute Gasteiger partial charge is 0.478 e. The van der Waals surface area contributed by atoms with E-state index in [1.165, 1.54) is 18.2 Å². The Hall–Kier alpha value is -2.81. The predicted molar refractivity (Wildman–Crippen MR) is 93.0 cm³/mol. The maximum absolute atomic E-state index is 12.8. The molecule has 9 heteroatoms. The smallest absolute Gasteiger partial charge is 0.416 e. The molecule has 2 N–H and O–H groups in total. The zero-order valence-corrected chi connectivity index (χ0v) is 15.0. The van der Waals surface area contributed by atoms with Crippen LogP contribution in [0.15, 0.2) is 30.3 Å². The zero-order chi connectivity index (χ0) is 20.5. The number of carboxylic acids is 1. The van der Waals surface area contributed by atoms with Gasteiger partial charge in [-0.1, -0.05) is 19.1 Å². The van der Waals surface area contributed by atoms with Gasteiger partial charge in [0.2, 0.25) is 0 Å². The fraction of sp³-hybridized carbons (Fsp3) is 0.368. The number of carbonyl (C=O) groups is 2. The first-order chi connectivity index (χ1) is 13.2. The molecule has 150 valence electrons. The van der Waals surface area contributed by atoms with E-state index < -0.39 is 29.7 Å². The highest BCUT2D eigenvalue weighted by Crippen LogP contribution is 2.30. The molecule has 6 nitrogen and oxygen atoms in total. The summed E-state index contributed by atoms with van der Waals surface area (Å²) in [4.78, 5) is 24.2. The van der Waals surface area contributed by atoms with Crippen molar-refractivity contribution in [1.82, 2.24) is 9.88 Å². The summed E-state index contributed by atoms with van der Waals surface area (Å²) in [5.74, 6) is -1.63. The van der Waals surface area contributed by atoms with Gasteiger partial charge in [-0.15, -0.1) is 0 Å². The van der Waals surface area contributed by atoms with Gasteiger partial charge in [0.05, 0.1) is 36.1 Å². The minimum Gasteiger partial charge on any atom is -0.478 e. The van der Waals surface area contributed by atoms with Gasteiger partial charge in [0.15, 0.2) is 0 Å². The highest BCUT2D eigenvalue weighted by molar-refractivity contribution is 5.98. The fourth-order valence-corrected chi connectivity index (χ4v) is 3.26. The number of carboxylic acid groups (broad SMARTS) is 1. The molecule has 0 fully saturated rings. The molecule has 1 aliphatic heterocycles. The van der Waals surface area contributed by atoms with E-state index in [0.717, 1.165) is 12.1 Å². The average Bonchev–Trinajstić information content (AvgIpc) is 3.05. The molecule has 1 aromatic carbocycles. The fourth-order valence-electron chi connectivity index (χ4n) is 3.26. The molecule has 2 aromatic rings. The predicted octanol–water partition coefficient (Wildman–Crippen LogP) is 3.62. The molecule has 1 aliphatic rings. The number of hydrogen-bond acceptors (Lipinski definition) is 3. The summed E-state index contributed by atoms with van der Waals surface area (Å²) in [5, 5.41) is 12.1. The maximum Gasteiger partial charge on any atom is 0.416 e. The van der Waals surface area contributed by atoms with E-state index in [1.54, 1.807) is 11.5 Å². The molecule has 2 heterocycles. The van der Waals surface area contributed by atoms with E-state index in [4.69, 9.17) is 4.74 Å². The second kappa shape index (κ2) is 7.67. The second-order valence-electron chi connectivity index (χ2n) is 6.45. The summed E-state index contributed by atoms with van der Waals surface area (Å²) in [7, 11) is 0. The van der Waals surface area contributed by atoms with Crippen LogP contribution in [0, 0.1) is 0 Å². The number of ether oxygens (including phenoxy) is 1. The number of alkyl halides is 3. The molecule has 1 amide bonds. The topological polar surface area (TPSA) is 80.6 Å². The lowest BCUT2D eigenvalue weighted by molar-refractivity contribution is -0.137. The number of rotatable bonds is 5. The van der Waals surface area contributed by atoms with Crippen LogP contribution in [-0.4, -0.2) is 28.2 Å². The number of amides is 1. The van der Waals surface area contributed by atoms with Crippen molar-refractivity contribution in [2.24, 2.45) is 0 Å². The van der Waals surface area contributed by atoms with Crippen molar-refractivity contribution in [3.63, 3.8) is 0 Å². The van der Waals surface area contributed by atoms with Gasteiger partial charge in [-0.3, -0.25) is 4.79 Å². The number of benzene rings is 1. The Morgan fingerprint density at radius 1 is 1.29 bits per heavy atom. The number of fused-ring (bicyclic) bond motifs is 1. The van der Waals surface area contributed by atoms with Crippen LogP contribution in [0.2, 0.25) is 0 Å². The van der Waals surface area contributed by atoms with Gasteiger partial charge in [0.1, 0.15) is 5.69 Å². The normalized spacial score (nSPS) is 15.0. The SMILES string of the molecule is CC[C@@H](NC(=O)c1cc(C(=O)O)c2n1CCOC2)c1ccc(C(F)(F)F)cc1. The van der Waals surface area contributed by atoms with Crippen molar-refractivity contribution in [3.05, 3.63) is 58.4 Å². The maximum atomic E-state index is 12.8. The molecule has 28 heavy (non-hydrogen) atoms. The third-order valence-electron chi connectivity index (χ3n) is 4.72. The van der Waals surface area contributed by atoms with Crippen molar-refractivity contribution in [1.29, 1.82) is 0 Å². The summed E-state index contributed by atoms with van der Waals surface area (Å²) in [6.07, 6.45) is -3.97. The van der Waals surface area contributed by atoms with Gasteiger partial charge in [-0.05, 0) is 30.2 Å². The molecule has 1 aromatic heterocycles. The van der Waals surface area contributed by atoms with Crippen molar-refractivity contribution in [2.45, 2.75) is 38.7 Å². The Bertz CT molecular complexity index is 888. The molecule has 0 bridgehead atoms. The lowest BCUT2D eigenvalue weighted by atomic mass is 10.0. The zero-order valence-electron chi connectivity index (χ0n) is 15.0. The Kier molecular flexibility index (Phi) is 5.46. The number of nitrogens with zero attached hydrogens (tertiary/aromatic N) is 1. The van der Waals surface area contributed by atoms with Gasteiger partial charge in [0.25, 0.3) is 5.91 Å². The highest BCUT2D eigenvalue weighted by atomic mass is 19.4. The lowest BCUT2D eigenvalue weighted by Crippen LogP contribution is -2.31. The van der Waals surface area contributed by atoms with Crippen LogP contribution < -0.4 is 5.32 Å². The minimum atomic E-state index is -4.43. The molecule has 0 radical (unpaired) electrons. The van der Waals surface area contributed by atoms with E-state index in [9.17, 15) is 27.9 Å². The molecule has 0 spiro atoms. The Morgan fingerprint density at radius 3 is 2.54 bits per heavy atom. The summed E-state index contributed by atoms with van der Waals surface area (Å²) < 4.78 is 45.1. The first-order valence-corrected chi connectivity index (χ1v) is 8.73. The van der Waals surface area contributed by atoms with Gasteiger partial charge in [-0.25, -0.2) is 4.79 Å². The van der Waals surface area contributed by atoms with E-state index >= 15 is 0 Å². The average molecular weight is 396 g/mol. The van der Waals surface area contributed by atoms with Crippen LogP contribution in [0.3, 0.4) is 0 Å². The van der Waals surface area contributed by atoms with E-state index in [2.05, 4.69) is 5.32 Å². The van der Waals surface area contributed by atoms with Crippen molar-refractivity contribution in [2.75, 3.05) is 6.61 Å². The van der Waals surface area contributed by atoms with Crippen LogP contribution in [0.4, 0.5) is 13.2 Å². The monoisotopic (exact) mass is 396 g/mol. The molecular formula is C19H19F3N2O4. The molecule has 0 aliphatic carbocycles. The van der Waals surface area contributed by atoms with Crippen molar-refractivity contribution >= 4 is 11.9 Å². The molecule has 0 unspecified atom stereocenters. The first-order valence-electron chi connectivity index (χ1n) is 8.73. The summed E-state index contributed by atoms with van der Waals surface area (Å²) >= 11 is 0. The molecule has 1 atom stereocenters. The van der Waals surface area contributed by atoms with E-state index in [-0.39, 0.29) is 17.9 Å². The standard InChI is InChI=1S/C19H19F3N2O4/c1-2-14(11-3-5-12(6-4-11)19(20,21)22)23-17(25)15-9-13(18(26)27)16-10-28-8-7-24(15)16/h3-6,9,14H,2,7-8,10H2,1H3,(H,23,25)(H,26,27)/t14-/m1/s1. The van der Waals surface area contributed by atoms with Crippen LogP contribution in [-0.2, 0) is 24.1 Å². The Labute approximate surface area is 158 Å². The number of nitrogens with one attached hydrogen (secondary N) is 1. The number of aromatic carboxylic acids is 1. The van der Waals surface area contributed by atoms with Crippen molar-refractivity contribution in [3.8, 4) is 0 Å². The molecule has 0 saturated carbocycles. The van der Waals surface area contributed by atoms with Crippen molar-refractivity contribution < 1.29 is 32.6 Å². The van der Waals surface area contributed by atoms with Gasteiger partial charge in [0, 0.05) is 6.54 Å². The summed E-state index contributed by atoms with van der Waals surface area (Å²) in [6.45, 7) is 2.61. The third kappa shape index (κ3) is 3.89. The molecule has 3 rings (SSSR count). The van der Waals surface area contributed by atoms with E-state index in [1.807, 2.05) is 0 Å². The second-order valence-corrected chi connectivity index (χ2v) is 6.45. The van der Waals surface area contributed by atoms with Gasteiger partial charge in [-0.2, -0.15) is 13.2 Å². The molecular weight excluding hydrogens is 377 g/mol. The van der Waals surface area contributed by atoms with Crippen LogP contribution in [0.5, 0.6) is 0 Å². The van der Waals surface area contributed by atoms with Crippen LogP contribution in [0.25, 0.3) is 0 Å². The Morgan fingerprint density at radius 2 is 1.96 bits per heavy atom. The third-order valence-corrected chi connectivity index (χ3v) is 4.72. The quantitative estimate of drug-likeness (QED) is 0.809. The number of carbonyl (C=O) groups excluding carboxylic acids is 1.